The molecule has 7 heteroatoms. The van der Waals surface area contributed by atoms with Gasteiger partial charge in [0, 0.05) is 0 Å². The van der Waals surface area contributed by atoms with Crippen molar-refractivity contribution in [2.24, 2.45) is 0 Å². The third-order valence-corrected chi connectivity index (χ3v) is 0. The number of rotatable bonds is 0. The van der Waals surface area contributed by atoms with Crippen molar-refractivity contribution in [1.82, 2.24) is 0 Å². The van der Waals surface area contributed by atoms with E-state index in [1.807, 2.05) is 0 Å². The molecule has 44 valence electrons. The molecule has 0 N–H and O–H groups in total. The molecular weight excluding hydrogens is 849 g/mol. The van der Waals surface area contributed by atoms with E-state index in [2.05, 4.69) is 77.4 Å². The van der Waals surface area contributed by atoms with Gasteiger partial charge in [-0.1, -0.05) is 0 Å². The molecule has 0 saturated heterocycles. The van der Waals surface area contributed by atoms with Gasteiger partial charge in [0.2, 0.25) is 0 Å². The third-order valence-electron chi connectivity index (χ3n) is 0. The Morgan fingerprint density at radius 3 is 0.571 bits per heavy atom. The first-order valence-electron chi connectivity index (χ1n) is 1.60. The summed E-state index contributed by atoms with van der Waals surface area (Å²) in [5.41, 5.74) is 0. The molecule has 0 aliphatic carbocycles. The Balaban J connectivity index is 4.43. The van der Waals surface area contributed by atoms with E-state index in [1.54, 1.807) is 0 Å². The molecule has 0 atom stereocenters. The fourth-order valence-corrected chi connectivity index (χ4v) is 0. The molecule has 0 aromatic heterocycles. The molecule has 0 amide bonds. The van der Waals surface area contributed by atoms with E-state index in [4.69, 9.17) is 0 Å². The van der Waals surface area contributed by atoms with E-state index in [-0.39, 0.29) is 0 Å². The van der Waals surface area contributed by atoms with Crippen molar-refractivity contribution >= 4 is 74.6 Å². The second-order valence-corrected chi connectivity index (χ2v) is 403. The Morgan fingerprint density at radius 1 is 0.571 bits per heavy atom. The van der Waals surface area contributed by atoms with E-state index in [1.165, 1.54) is 0 Å². The van der Waals surface area contributed by atoms with Gasteiger partial charge in [0.1, 0.15) is 0 Å². The molecule has 0 unspecified atom stereocenters. The van der Waals surface area contributed by atoms with Crippen LogP contribution in [0.4, 0.5) is 0 Å². The van der Waals surface area contributed by atoms with Gasteiger partial charge in [-0.2, -0.15) is 0 Å². The van der Waals surface area contributed by atoms with Gasteiger partial charge in [0.05, 0.1) is 0 Å². The molecule has 0 heterocycles. The van der Waals surface area contributed by atoms with Gasteiger partial charge < -0.3 is 0 Å². The monoisotopic (exact) mass is 849 g/mol. The van der Waals surface area contributed by atoms with E-state index in [9.17, 15) is 0 Å². The van der Waals surface area contributed by atoms with Crippen LogP contribution in [0.1, 0.15) is 0 Å². The van der Waals surface area contributed by atoms with Gasteiger partial charge in [-0.15, -0.1) is 0 Å². The van der Waals surface area contributed by atoms with Crippen LogP contribution in [-0.2, 0) is 0 Å². The number of halogens is 6. The van der Waals surface area contributed by atoms with Crippen molar-refractivity contribution in [3.8, 4) is 0 Å². The second-order valence-electron chi connectivity index (χ2n) is 1.52. The quantitative estimate of drug-likeness (QED) is 0.240. The molecule has 0 rings (SSSR count). The predicted octanol–water partition coefficient (Wildman–Crippen LogP) is 4.93. The van der Waals surface area contributed by atoms with Crippen molar-refractivity contribution < 1.29 is 0 Å². The first-order chi connectivity index (χ1) is 2.45. The van der Waals surface area contributed by atoms with Crippen LogP contribution in [0.25, 0.3) is 0 Å². The predicted molar refractivity (Wildman–Crippen MR) is 89.9 cm³/mol. The molecule has 0 radical (unpaired) electrons. The standard InChI is InChI=1S/6HI.Sr/h6*1H;/q;;;;;;+6/p-6. The molecule has 0 aliphatic heterocycles. The summed E-state index contributed by atoms with van der Waals surface area (Å²) in [4.78, 5) is 0. The first-order valence-corrected chi connectivity index (χ1v) is 63.6. The normalized spacial score (nSPS) is 18.0. The number of hydrogen-bond acceptors (Lipinski definition) is 0. The fraction of sp³-hybridized carbons (Fsp3) is 0. The zero-order chi connectivity index (χ0) is 6.41. The van der Waals surface area contributed by atoms with Crippen LogP contribution >= 0.6 is 77.4 Å². The fourth-order valence-electron chi connectivity index (χ4n) is 0. The molecular formula is I6Sr. The summed E-state index contributed by atoms with van der Waals surface area (Å²) in [6, 6.07) is 0. The SMILES string of the molecule is [I][Sr]([I])([I])([I])([I])[I]. The van der Waals surface area contributed by atoms with E-state index < -0.39 is -2.77 Å². The zero-order valence-corrected chi connectivity index (χ0v) is 19.4. The van der Waals surface area contributed by atoms with E-state index in [0.29, 0.717) is 0 Å². The van der Waals surface area contributed by atoms with Crippen molar-refractivity contribution in [2.75, 3.05) is 0 Å². The van der Waals surface area contributed by atoms with Gasteiger partial charge in [0.15, 0.2) is 0 Å². The van der Waals surface area contributed by atoms with Crippen molar-refractivity contribution in [1.29, 1.82) is 0 Å². The molecule has 0 saturated carbocycles. The van der Waals surface area contributed by atoms with Gasteiger partial charge in [-0.05, 0) is 0 Å². The summed E-state index contributed by atoms with van der Waals surface area (Å²) < 4.78 is -2.63. The maximum atomic E-state index is 2.60. The Morgan fingerprint density at radius 2 is 0.571 bits per heavy atom. The third kappa shape index (κ3) is 33.6. The molecule has 0 spiro atoms. The molecule has 0 nitrogen and oxygen atoms in total. The van der Waals surface area contributed by atoms with Crippen LogP contribution in [0, 0.1) is 0 Å². The summed E-state index contributed by atoms with van der Waals surface area (Å²) in [6.45, 7) is 0. The Hall–Kier alpha value is 5.86. The average Bonchev–Trinajstić information content (AvgIpc) is 0.592. The molecule has 0 bridgehead atoms. The maximum absolute atomic E-state index is 2.63. The van der Waals surface area contributed by atoms with Crippen LogP contribution in [0.2, 0.25) is 0 Å². The van der Waals surface area contributed by atoms with Crippen molar-refractivity contribution in [3.63, 3.8) is 0 Å². The zero-order valence-electron chi connectivity index (χ0n) is 2.97. The molecule has 0 aromatic carbocycles. The van der Waals surface area contributed by atoms with E-state index >= 15 is 0 Å². The average molecular weight is 849 g/mol. The Kier molecular flexibility index (Phi) is 5.91. The summed E-state index contributed by atoms with van der Waals surface area (Å²) in [5.74, 6) is 0. The van der Waals surface area contributed by atoms with Gasteiger partial charge in [-0.25, -0.2) is 0 Å². The topological polar surface area (TPSA) is 0 Å². The van der Waals surface area contributed by atoms with Gasteiger partial charge in [0.25, 0.3) is 0 Å². The second kappa shape index (κ2) is 3.21. The van der Waals surface area contributed by atoms with Gasteiger partial charge in [-0.3, -0.25) is 0 Å². The Bertz CT molecular complexity index is 62.7. The van der Waals surface area contributed by atoms with Crippen molar-refractivity contribution in [2.45, 2.75) is 0 Å². The summed E-state index contributed by atoms with van der Waals surface area (Å²) in [5, 5.41) is 0. The Labute approximate surface area is 68.9 Å². The van der Waals surface area contributed by atoms with Crippen LogP contribution in [0.3, 0.4) is 0 Å². The van der Waals surface area contributed by atoms with Gasteiger partial charge >= 0.3 is 74.6 Å². The minimum absolute atomic E-state index is 2.60. The molecule has 0 aliphatic rings. The van der Waals surface area contributed by atoms with Crippen LogP contribution in [0.5, 0.6) is 0 Å². The first kappa shape index (κ1) is 12.9. The molecule has 0 fully saturated rings. The van der Waals surface area contributed by atoms with Crippen molar-refractivity contribution in [3.05, 3.63) is 0 Å². The van der Waals surface area contributed by atoms with Crippen LogP contribution in [0.15, 0.2) is 0 Å². The van der Waals surface area contributed by atoms with Crippen LogP contribution < -0.4 is 0 Å². The molecule has 7 heavy (non-hydrogen) atoms. The van der Waals surface area contributed by atoms with E-state index in [0.717, 1.165) is 0 Å². The minimum atomic E-state index is -2.63. The number of hydrogen-bond donors (Lipinski definition) is 0. The summed E-state index contributed by atoms with van der Waals surface area (Å²) in [7, 11) is 0. The summed E-state index contributed by atoms with van der Waals surface area (Å²) >= 11 is 15.6. The van der Waals surface area contributed by atoms with Crippen LogP contribution in [-0.4, -0.2) is -2.77 Å². The molecule has 0 aromatic rings. The summed E-state index contributed by atoms with van der Waals surface area (Å²) in [6.07, 6.45) is 0.